The summed E-state index contributed by atoms with van der Waals surface area (Å²) in [5.41, 5.74) is 0.0284. The smallest absolute Gasteiger partial charge is 0.364 e. The van der Waals surface area contributed by atoms with Gasteiger partial charge in [0.2, 0.25) is 0 Å². The van der Waals surface area contributed by atoms with Crippen molar-refractivity contribution in [2.45, 2.75) is 0 Å². The fourth-order valence-electron chi connectivity index (χ4n) is 1.55. The van der Waals surface area contributed by atoms with Gasteiger partial charge in [0.25, 0.3) is 5.56 Å². The van der Waals surface area contributed by atoms with E-state index in [2.05, 4.69) is 9.84 Å². The van der Waals surface area contributed by atoms with Crippen LogP contribution < -0.4 is 10.3 Å². The first-order valence-corrected chi connectivity index (χ1v) is 5.96. The highest BCUT2D eigenvalue weighted by Gasteiger charge is 2.12. The van der Waals surface area contributed by atoms with E-state index in [1.165, 1.54) is 50.6 Å². The van der Waals surface area contributed by atoms with Crippen molar-refractivity contribution < 1.29 is 19.1 Å². The molecule has 0 aliphatic rings. The summed E-state index contributed by atoms with van der Waals surface area (Å²) in [5.74, 6) is -0.924. The minimum atomic E-state index is -0.698. The van der Waals surface area contributed by atoms with E-state index in [0.717, 1.165) is 4.68 Å². The summed E-state index contributed by atoms with van der Waals surface area (Å²) in [6.07, 6.45) is 0. The van der Waals surface area contributed by atoms with Crippen LogP contribution in [0.5, 0.6) is 5.75 Å². The SMILES string of the molecule is COC(=O)c1ccc(OC(=O)c2ccc(=O)n(C)n2)cc1. The second kappa shape index (κ2) is 6.00. The normalized spacial score (nSPS) is 10.0. The molecule has 7 heteroatoms. The highest BCUT2D eigenvalue weighted by Crippen LogP contribution is 2.14. The van der Waals surface area contributed by atoms with Crippen molar-refractivity contribution in [3.8, 4) is 5.75 Å². The first-order chi connectivity index (χ1) is 10.0. The molecule has 21 heavy (non-hydrogen) atoms. The quantitative estimate of drug-likeness (QED) is 0.613. The predicted octanol–water partition coefficient (Wildman–Crippen LogP) is 0.786. The van der Waals surface area contributed by atoms with Gasteiger partial charge < -0.3 is 9.47 Å². The molecule has 1 aromatic heterocycles. The topological polar surface area (TPSA) is 87.5 Å². The van der Waals surface area contributed by atoms with Crippen LogP contribution >= 0.6 is 0 Å². The monoisotopic (exact) mass is 288 g/mol. The molecule has 0 fully saturated rings. The standard InChI is InChI=1S/C14H12N2O5/c1-16-12(17)8-7-11(15-16)14(19)21-10-5-3-9(4-6-10)13(18)20-2/h3-8H,1-2H3. The van der Waals surface area contributed by atoms with Gasteiger partial charge in [-0.2, -0.15) is 5.10 Å². The van der Waals surface area contributed by atoms with Gasteiger partial charge in [-0.15, -0.1) is 0 Å². The Kier molecular flexibility index (Phi) is 4.13. The highest BCUT2D eigenvalue weighted by molar-refractivity contribution is 5.90. The summed E-state index contributed by atoms with van der Waals surface area (Å²) in [6.45, 7) is 0. The van der Waals surface area contributed by atoms with Gasteiger partial charge in [0, 0.05) is 13.1 Å². The molecule has 1 aromatic carbocycles. The van der Waals surface area contributed by atoms with Crippen LogP contribution in [0.15, 0.2) is 41.2 Å². The Labute approximate surface area is 119 Å². The summed E-state index contributed by atoms with van der Waals surface area (Å²) in [6, 6.07) is 8.39. The minimum Gasteiger partial charge on any atom is -0.465 e. The maximum atomic E-state index is 11.9. The molecular weight excluding hydrogens is 276 g/mol. The first kappa shape index (κ1) is 14.4. The molecular formula is C14H12N2O5. The van der Waals surface area contributed by atoms with Gasteiger partial charge in [0.1, 0.15) is 5.75 Å². The molecule has 108 valence electrons. The molecule has 0 aliphatic carbocycles. The van der Waals surface area contributed by atoms with E-state index in [1.807, 2.05) is 0 Å². The number of benzene rings is 1. The summed E-state index contributed by atoms with van der Waals surface area (Å²) < 4.78 is 10.7. The average molecular weight is 288 g/mol. The Hall–Kier alpha value is -2.96. The van der Waals surface area contributed by atoms with Crippen molar-refractivity contribution in [1.82, 2.24) is 9.78 Å². The predicted molar refractivity (Wildman–Crippen MR) is 72.2 cm³/mol. The number of rotatable bonds is 3. The van der Waals surface area contributed by atoms with Crippen LogP contribution in [-0.4, -0.2) is 28.8 Å². The van der Waals surface area contributed by atoms with Crippen LogP contribution in [0.25, 0.3) is 0 Å². The lowest BCUT2D eigenvalue weighted by atomic mass is 10.2. The molecule has 0 N–H and O–H groups in total. The van der Waals surface area contributed by atoms with Crippen molar-refractivity contribution in [1.29, 1.82) is 0 Å². The van der Waals surface area contributed by atoms with E-state index >= 15 is 0 Å². The molecule has 7 nitrogen and oxygen atoms in total. The van der Waals surface area contributed by atoms with Gasteiger partial charge in [0.15, 0.2) is 5.69 Å². The van der Waals surface area contributed by atoms with Gasteiger partial charge in [-0.05, 0) is 30.3 Å². The van der Waals surface area contributed by atoms with E-state index in [4.69, 9.17) is 4.74 Å². The van der Waals surface area contributed by atoms with E-state index < -0.39 is 11.9 Å². The lowest BCUT2D eigenvalue weighted by molar-refractivity contribution is 0.0600. The molecule has 0 atom stereocenters. The van der Waals surface area contributed by atoms with Gasteiger partial charge in [-0.1, -0.05) is 0 Å². The van der Waals surface area contributed by atoms with Gasteiger partial charge in [0.05, 0.1) is 12.7 Å². The Bertz CT molecular complexity index is 734. The van der Waals surface area contributed by atoms with E-state index in [9.17, 15) is 14.4 Å². The second-order valence-corrected chi connectivity index (χ2v) is 4.09. The Morgan fingerprint density at radius 2 is 1.71 bits per heavy atom. The molecule has 2 aromatic rings. The van der Waals surface area contributed by atoms with Crippen LogP contribution in [0, 0.1) is 0 Å². The lowest BCUT2D eigenvalue weighted by Crippen LogP contribution is -2.22. The summed E-state index contributed by atoms with van der Waals surface area (Å²) >= 11 is 0. The Morgan fingerprint density at radius 3 is 2.29 bits per heavy atom. The lowest BCUT2D eigenvalue weighted by Gasteiger charge is -2.05. The van der Waals surface area contributed by atoms with Crippen LogP contribution in [0.3, 0.4) is 0 Å². The van der Waals surface area contributed by atoms with E-state index in [0.29, 0.717) is 5.56 Å². The van der Waals surface area contributed by atoms with Gasteiger partial charge >= 0.3 is 11.9 Å². The van der Waals surface area contributed by atoms with Crippen LogP contribution in [-0.2, 0) is 11.8 Å². The zero-order valence-corrected chi connectivity index (χ0v) is 11.4. The fourth-order valence-corrected chi connectivity index (χ4v) is 1.55. The van der Waals surface area contributed by atoms with E-state index in [-0.39, 0.29) is 17.0 Å². The van der Waals surface area contributed by atoms with Crippen molar-refractivity contribution in [3.05, 3.63) is 58.0 Å². The van der Waals surface area contributed by atoms with Crippen molar-refractivity contribution in [3.63, 3.8) is 0 Å². The Balaban J connectivity index is 2.14. The minimum absolute atomic E-state index is 0.00847. The number of esters is 2. The third-order valence-corrected chi connectivity index (χ3v) is 2.66. The molecule has 0 amide bonds. The number of hydrogen-bond donors (Lipinski definition) is 0. The summed E-state index contributed by atoms with van der Waals surface area (Å²) in [7, 11) is 2.71. The third kappa shape index (κ3) is 3.33. The van der Waals surface area contributed by atoms with Crippen LogP contribution in [0.1, 0.15) is 20.8 Å². The number of aryl methyl sites for hydroxylation is 1. The number of hydrogen-bond acceptors (Lipinski definition) is 6. The second-order valence-electron chi connectivity index (χ2n) is 4.09. The molecule has 0 saturated heterocycles. The summed E-state index contributed by atoms with van der Waals surface area (Å²) in [4.78, 5) is 34.3. The molecule has 0 radical (unpaired) electrons. The number of carbonyl (C=O) groups is 2. The molecule has 0 saturated carbocycles. The van der Waals surface area contributed by atoms with Crippen LogP contribution in [0.2, 0.25) is 0 Å². The third-order valence-electron chi connectivity index (χ3n) is 2.66. The van der Waals surface area contributed by atoms with Gasteiger partial charge in [-0.3, -0.25) is 4.79 Å². The number of nitrogens with zero attached hydrogens (tertiary/aromatic N) is 2. The number of aromatic nitrogens is 2. The largest absolute Gasteiger partial charge is 0.465 e. The maximum Gasteiger partial charge on any atom is 0.364 e. The number of methoxy groups -OCH3 is 1. The molecule has 2 rings (SSSR count). The molecule has 1 heterocycles. The van der Waals surface area contributed by atoms with Gasteiger partial charge in [-0.25, -0.2) is 14.3 Å². The number of ether oxygens (including phenoxy) is 2. The van der Waals surface area contributed by atoms with Crippen molar-refractivity contribution in [2.24, 2.45) is 7.05 Å². The Morgan fingerprint density at radius 1 is 1.05 bits per heavy atom. The highest BCUT2D eigenvalue weighted by atomic mass is 16.5. The molecule has 0 bridgehead atoms. The van der Waals surface area contributed by atoms with E-state index in [1.54, 1.807) is 0 Å². The molecule has 0 unspecified atom stereocenters. The van der Waals surface area contributed by atoms with Crippen molar-refractivity contribution >= 4 is 11.9 Å². The number of carbonyl (C=O) groups excluding carboxylic acids is 2. The average Bonchev–Trinajstić information content (AvgIpc) is 2.50. The fraction of sp³-hybridized carbons (Fsp3) is 0.143. The van der Waals surface area contributed by atoms with Crippen molar-refractivity contribution in [2.75, 3.05) is 7.11 Å². The molecule has 0 spiro atoms. The maximum absolute atomic E-state index is 11.9. The first-order valence-electron chi connectivity index (χ1n) is 5.96. The van der Waals surface area contributed by atoms with Crippen LogP contribution in [0.4, 0.5) is 0 Å². The zero-order chi connectivity index (χ0) is 15.4. The summed E-state index contributed by atoms with van der Waals surface area (Å²) in [5, 5.41) is 3.78. The molecule has 0 aliphatic heterocycles. The zero-order valence-electron chi connectivity index (χ0n) is 11.4.